The smallest absolute Gasteiger partial charge is 0.161 e. The molecule has 1 N–H and O–H groups in total. The highest BCUT2D eigenvalue weighted by molar-refractivity contribution is 9.11. The molecule has 2 rings (SSSR count). The van der Waals surface area contributed by atoms with Gasteiger partial charge >= 0.3 is 0 Å². The van der Waals surface area contributed by atoms with Crippen molar-refractivity contribution < 1.29 is 9.47 Å². The molecular formula is C16H17Br2NO2. The first-order chi connectivity index (χ1) is 10.2. The normalized spacial score (nSPS) is 10.2. The topological polar surface area (TPSA) is 30.5 Å². The second kappa shape index (κ2) is 8.29. The molecule has 2 aromatic rings. The number of rotatable bonds is 7. The zero-order valence-corrected chi connectivity index (χ0v) is 14.9. The van der Waals surface area contributed by atoms with E-state index in [0.717, 1.165) is 26.1 Å². The highest BCUT2D eigenvalue weighted by Crippen LogP contribution is 2.30. The lowest BCUT2D eigenvalue weighted by atomic mass is 10.3. The molecule has 0 aliphatic heterocycles. The van der Waals surface area contributed by atoms with Crippen LogP contribution in [0.2, 0.25) is 0 Å². The predicted molar refractivity (Wildman–Crippen MR) is 93.4 cm³/mol. The van der Waals surface area contributed by atoms with E-state index in [2.05, 4.69) is 37.2 Å². The van der Waals surface area contributed by atoms with Gasteiger partial charge in [-0.05, 0) is 63.0 Å². The molecule has 0 aromatic heterocycles. The number of anilines is 1. The summed E-state index contributed by atoms with van der Waals surface area (Å²) in [5.41, 5.74) is 1.03. The molecule has 0 atom stereocenters. The number of hydrogen-bond acceptors (Lipinski definition) is 3. The zero-order valence-electron chi connectivity index (χ0n) is 11.7. The maximum absolute atomic E-state index is 5.77. The number of nitrogens with one attached hydrogen (secondary N) is 1. The molecule has 112 valence electrons. The number of ether oxygens (including phenoxy) is 2. The van der Waals surface area contributed by atoms with Crippen molar-refractivity contribution >= 4 is 37.5 Å². The summed E-state index contributed by atoms with van der Waals surface area (Å²) in [5, 5.41) is 3.34. The van der Waals surface area contributed by atoms with E-state index in [-0.39, 0.29) is 0 Å². The van der Waals surface area contributed by atoms with Gasteiger partial charge in [-0.2, -0.15) is 0 Å². The summed E-state index contributed by atoms with van der Waals surface area (Å²) in [6.45, 7) is 3.84. The molecule has 0 fully saturated rings. The van der Waals surface area contributed by atoms with Gasteiger partial charge in [-0.3, -0.25) is 0 Å². The lowest BCUT2D eigenvalue weighted by molar-refractivity contribution is 0.284. The van der Waals surface area contributed by atoms with Gasteiger partial charge in [0.15, 0.2) is 11.5 Å². The van der Waals surface area contributed by atoms with Crippen molar-refractivity contribution in [3.63, 3.8) is 0 Å². The van der Waals surface area contributed by atoms with E-state index in [1.54, 1.807) is 0 Å². The fourth-order valence-electron chi connectivity index (χ4n) is 1.85. The molecule has 0 aliphatic rings. The third kappa shape index (κ3) is 4.64. The second-order valence-corrected chi connectivity index (χ2v) is 5.96. The summed E-state index contributed by atoms with van der Waals surface area (Å²) in [6, 6.07) is 13.7. The number of halogens is 2. The maximum atomic E-state index is 5.77. The van der Waals surface area contributed by atoms with Crippen molar-refractivity contribution in [2.24, 2.45) is 0 Å². The van der Waals surface area contributed by atoms with E-state index in [9.17, 15) is 0 Å². The lowest BCUT2D eigenvalue weighted by Gasteiger charge is -2.13. The van der Waals surface area contributed by atoms with Crippen molar-refractivity contribution in [2.45, 2.75) is 6.92 Å². The minimum Gasteiger partial charge on any atom is -0.490 e. The van der Waals surface area contributed by atoms with Crippen LogP contribution in [0, 0.1) is 0 Å². The molecule has 0 unspecified atom stereocenters. The fourth-order valence-corrected chi connectivity index (χ4v) is 3.13. The number of benzene rings is 2. The molecule has 2 aromatic carbocycles. The van der Waals surface area contributed by atoms with Gasteiger partial charge < -0.3 is 14.8 Å². The summed E-state index contributed by atoms with van der Waals surface area (Å²) in [7, 11) is 0. The third-order valence-corrected chi connectivity index (χ3v) is 4.09. The van der Waals surface area contributed by atoms with E-state index in [1.165, 1.54) is 0 Å². The van der Waals surface area contributed by atoms with Crippen molar-refractivity contribution in [1.29, 1.82) is 0 Å². The molecular weight excluding hydrogens is 398 g/mol. The van der Waals surface area contributed by atoms with E-state index < -0.39 is 0 Å². The highest BCUT2D eigenvalue weighted by Gasteiger charge is 2.05. The monoisotopic (exact) mass is 413 g/mol. The molecule has 0 saturated carbocycles. The van der Waals surface area contributed by atoms with Crippen LogP contribution in [0.15, 0.2) is 51.4 Å². The summed E-state index contributed by atoms with van der Waals surface area (Å²) in [6.07, 6.45) is 0. The molecule has 5 heteroatoms. The first-order valence-corrected chi connectivity index (χ1v) is 8.33. The summed E-state index contributed by atoms with van der Waals surface area (Å²) in [4.78, 5) is 0. The first-order valence-electron chi connectivity index (χ1n) is 6.75. The van der Waals surface area contributed by atoms with Crippen LogP contribution in [0.4, 0.5) is 5.69 Å². The Morgan fingerprint density at radius 3 is 2.14 bits per heavy atom. The molecule has 0 spiro atoms. The zero-order chi connectivity index (χ0) is 15.1. The Morgan fingerprint density at radius 2 is 1.52 bits per heavy atom. The first kappa shape index (κ1) is 16.2. The van der Waals surface area contributed by atoms with Gasteiger partial charge in [-0.1, -0.05) is 18.2 Å². The maximum Gasteiger partial charge on any atom is 0.161 e. The van der Waals surface area contributed by atoms with E-state index in [4.69, 9.17) is 9.47 Å². The Morgan fingerprint density at radius 1 is 0.905 bits per heavy atom. The standard InChI is InChI=1S/C16H17Br2NO2/c1-2-20-14-8-3-4-9-15(14)21-11-10-19-16-12(17)6-5-7-13(16)18/h3-9,19H,2,10-11H2,1H3. The Hall–Kier alpha value is -1.20. The number of hydrogen-bond donors (Lipinski definition) is 1. The Balaban J connectivity index is 1.88. The fraction of sp³-hybridized carbons (Fsp3) is 0.250. The van der Waals surface area contributed by atoms with Crippen LogP contribution < -0.4 is 14.8 Å². The minimum absolute atomic E-state index is 0.553. The lowest BCUT2D eigenvalue weighted by Crippen LogP contribution is -2.12. The molecule has 0 radical (unpaired) electrons. The van der Waals surface area contributed by atoms with Crippen LogP contribution in [0.5, 0.6) is 11.5 Å². The second-order valence-electron chi connectivity index (χ2n) is 4.25. The summed E-state index contributed by atoms with van der Waals surface area (Å²) < 4.78 is 13.3. The van der Waals surface area contributed by atoms with Gasteiger partial charge in [-0.25, -0.2) is 0 Å². The minimum atomic E-state index is 0.553. The van der Waals surface area contributed by atoms with Crippen LogP contribution in [0.25, 0.3) is 0 Å². The largest absolute Gasteiger partial charge is 0.490 e. The van der Waals surface area contributed by atoms with Crippen LogP contribution in [0.3, 0.4) is 0 Å². The Bertz CT molecular complexity index is 570. The van der Waals surface area contributed by atoms with E-state index in [0.29, 0.717) is 19.8 Å². The Labute approximate surface area is 141 Å². The number of para-hydroxylation sites is 3. The van der Waals surface area contributed by atoms with Gasteiger partial charge in [0.05, 0.1) is 12.3 Å². The van der Waals surface area contributed by atoms with Crippen molar-refractivity contribution in [3.8, 4) is 11.5 Å². The SMILES string of the molecule is CCOc1ccccc1OCCNc1c(Br)cccc1Br. The van der Waals surface area contributed by atoms with Gasteiger partial charge in [0.2, 0.25) is 0 Å². The third-order valence-electron chi connectivity index (χ3n) is 2.77. The molecule has 0 amide bonds. The van der Waals surface area contributed by atoms with E-state index >= 15 is 0 Å². The molecule has 0 bridgehead atoms. The average Bonchev–Trinajstić information content (AvgIpc) is 2.48. The van der Waals surface area contributed by atoms with Gasteiger partial charge in [-0.15, -0.1) is 0 Å². The van der Waals surface area contributed by atoms with E-state index in [1.807, 2.05) is 49.4 Å². The van der Waals surface area contributed by atoms with Crippen LogP contribution in [-0.2, 0) is 0 Å². The molecule has 3 nitrogen and oxygen atoms in total. The quantitative estimate of drug-likeness (QED) is 0.639. The highest BCUT2D eigenvalue weighted by atomic mass is 79.9. The van der Waals surface area contributed by atoms with Gasteiger partial charge in [0.25, 0.3) is 0 Å². The van der Waals surface area contributed by atoms with Crippen molar-refractivity contribution in [3.05, 3.63) is 51.4 Å². The Kier molecular flexibility index (Phi) is 6.39. The van der Waals surface area contributed by atoms with Gasteiger partial charge in [0, 0.05) is 15.5 Å². The molecule has 0 saturated heterocycles. The van der Waals surface area contributed by atoms with Crippen LogP contribution in [-0.4, -0.2) is 19.8 Å². The van der Waals surface area contributed by atoms with Crippen molar-refractivity contribution in [1.82, 2.24) is 0 Å². The predicted octanol–water partition coefficient (Wildman–Crippen LogP) is 5.10. The molecule has 21 heavy (non-hydrogen) atoms. The molecule has 0 aliphatic carbocycles. The average molecular weight is 415 g/mol. The van der Waals surface area contributed by atoms with Crippen LogP contribution >= 0.6 is 31.9 Å². The van der Waals surface area contributed by atoms with Crippen molar-refractivity contribution in [2.75, 3.05) is 25.1 Å². The van der Waals surface area contributed by atoms with Crippen LogP contribution in [0.1, 0.15) is 6.92 Å². The van der Waals surface area contributed by atoms with Gasteiger partial charge in [0.1, 0.15) is 6.61 Å². The summed E-state index contributed by atoms with van der Waals surface area (Å²) >= 11 is 7.05. The summed E-state index contributed by atoms with van der Waals surface area (Å²) in [5.74, 6) is 1.55. The molecule has 0 heterocycles.